The van der Waals surface area contributed by atoms with Gasteiger partial charge in [-0.15, -0.1) is 0 Å². The first-order valence-corrected chi connectivity index (χ1v) is 6.05. The second-order valence-electron chi connectivity index (χ2n) is 3.89. The van der Waals surface area contributed by atoms with Crippen molar-refractivity contribution >= 4 is 27.5 Å². The van der Waals surface area contributed by atoms with E-state index in [2.05, 4.69) is 15.9 Å². The van der Waals surface area contributed by atoms with Crippen LogP contribution in [0.4, 0.5) is 5.69 Å². The molecule has 0 aromatic heterocycles. The van der Waals surface area contributed by atoms with Gasteiger partial charge in [-0.1, -0.05) is 22.0 Å². The molecule has 0 N–H and O–H groups in total. The van der Waals surface area contributed by atoms with E-state index in [1.807, 2.05) is 30.0 Å². The summed E-state index contributed by atoms with van der Waals surface area (Å²) < 4.78 is 1.07. The quantitative estimate of drug-likeness (QED) is 0.765. The number of nitrogens with zero attached hydrogens (tertiary/aromatic N) is 1. The summed E-state index contributed by atoms with van der Waals surface area (Å²) in [7, 11) is 0. The highest BCUT2D eigenvalue weighted by Crippen LogP contribution is 2.29. The zero-order valence-electron chi connectivity index (χ0n) is 8.79. The minimum absolute atomic E-state index is 0.252. The van der Waals surface area contributed by atoms with Crippen molar-refractivity contribution in [1.82, 2.24) is 0 Å². The summed E-state index contributed by atoms with van der Waals surface area (Å²) in [4.78, 5) is 13.7. The zero-order valence-corrected chi connectivity index (χ0v) is 10.4. The molecule has 1 aliphatic rings. The maximum Gasteiger partial charge on any atom is 0.226 e. The van der Waals surface area contributed by atoms with E-state index in [1.165, 1.54) is 0 Å². The highest BCUT2D eigenvalue weighted by molar-refractivity contribution is 9.10. The molecule has 3 heteroatoms. The molecule has 2 rings (SSSR count). The minimum atomic E-state index is 0.252. The van der Waals surface area contributed by atoms with Crippen LogP contribution in [-0.4, -0.2) is 12.5 Å². The fraction of sp³-hybridized carbons (Fsp3) is 0.417. The SMILES string of the molecule is Cc1c(Br)cccc1N1CCCCC1=O. The fourth-order valence-corrected chi connectivity index (χ4v) is 2.30. The van der Waals surface area contributed by atoms with Gasteiger partial charge in [-0.3, -0.25) is 4.79 Å². The first-order chi connectivity index (χ1) is 7.20. The van der Waals surface area contributed by atoms with Gasteiger partial charge in [0.05, 0.1) is 0 Å². The van der Waals surface area contributed by atoms with Crippen LogP contribution in [0.1, 0.15) is 24.8 Å². The lowest BCUT2D eigenvalue weighted by Gasteiger charge is -2.28. The van der Waals surface area contributed by atoms with Crippen molar-refractivity contribution in [3.05, 3.63) is 28.2 Å². The Morgan fingerprint density at radius 1 is 1.33 bits per heavy atom. The smallest absolute Gasteiger partial charge is 0.226 e. The van der Waals surface area contributed by atoms with Gasteiger partial charge >= 0.3 is 0 Å². The van der Waals surface area contributed by atoms with E-state index in [1.54, 1.807) is 0 Å². The largest absolute Gasteiger partial charge is 0.312 e. The topological polar surface area (TPSA) is 20.3 Å². The van der Waals surface area contributed by atoms with Crippen LogP contribution in [0.2, 0.25) is 0 Å². The molecule has 1 heterocycles. The summed E-state index contributed by atoms with van der Waals surface area (Å²) in [6, 6.07) is 6.00. The van der Waals surface area contributed by atoms with Gasteiger partial charge in [-0.05, 0) is 37.5 Å². The average molecular weight is 268 g/mol. The minimum Gasteiger partial charge on any atom is -0.312 e. The van der Waals surface area contributed by atoms with Crippen LogP contribution in [-0.2, 0) is 4.79 Å². The van der Waals surface area contributed by atoms with Crippen LogP contribution in [0, 0.1) is 6.92 Å². The van der Waals surface area contributed by atoms with Gasteiger partial charge in [0.25, 0.3) is 0 Å². The molecule has 0 bridgehead atoms. The summed E-state index contributed by atoms with van der Waals surface area (Å²) in [5, 5.41) is 0. The van der Waals surface area contributed by atoms with Crippen molar-refractivity contribution in [1.29, 1.82) is 0 Å². The van der Waals surface area contributed by atoms with Crippen LogP contribution in [0.5, 0.6) is 0 Å². The number of benzene rings is 1. The van der Waals surface area contributed by atoms with Crippen molar-refractivity contribution in [3.63, 3.8) is 0 Å². The van der Waals surface area contributed by atoms with Gasteiger partial charge in [-0.25, -0.2) is 0 Å². The molecular formula is C12H14BrNO. The van der Waals surface area contributed by atoms with E-state index in [0.29, 0.717) is 6.42 Å². The number of anilines is 1. The predicted octanol–water partition coefficient (Wildman–Crippen LogP) is 3.27. The Balaban J connectivity index is 2.35. The number of rotatable bonds is 1. The van der Waals surface area contributed by atoms with Gasteiger partial charge in [0.1, 0.15) is 0 Å². The van der Waals surface area contributed by atoms with Crippen LogP contribution in [0.25, 0.3) is 0 Å². The summed E-state index contributed by atoms with van der Waals surface area (Å²) >= 11 is 3.49. The van der Waals surface area contributed by atoms with Gasteiger partial charge < -0.3 is 4.90 Å². The second-order valence-corrected chi connectivity index (χ2v) is 4.74. The van der Waals surface area contributed by atoms with E-state index in [9.17, 15) is 4.79 Å². The molecule has 1 saturated heterocycles. The molecule has 0 aliphatic carbocycles. The van der Waals surface area contributed by atoms with Crippen molar-refractivity contribution in [2.75, 3.05) is 11.4 Å². The molecule has 0 unspecified atom stereocenters. The Bertz CT molecular complexity index is 389. The van der Waals surface area contributed by atoms with Crippen LogP contribution >= 0.6 is 15.9 Å². The summed E-state index contributed by atoms with van der Waals surface area (Å²) in [5.74, 6) is 0.252. The van der Waals surface area contributed by atoms with Crippen LogP contribution in [0.3, 0.4) is 0 Å². The van der Waals surface area contributed by atoms with Crippen LogP contribution < -0.4 is 4.90 Å². The van der Waals surface area contributed by atoms with Gasteiger partial charge in [0.15, 0.2) is 0 Å². The first kappa shape index (κ1) is 10.7. The molecule has 1 fully saturated rings. The van der Waals surface area contributed by atoms with Crippen molar-refractivity contribution < 1.29 is 4.79 Å². The average Bonchev–Trinajstić information content (AvgIpc) is 2.23. The molecule has 2 nitrogen and oxygen atoms in total. The summed E-state index contributed by atoms with van der Waals surface area (Å²) in [5.41, 5.74) is 2.20. The first-order valence-electron chi connectivity index (χ1n) is 5.25. The highest BCUT2D eigenvalue weighted by atomic mass is 79.9. The monoisotopic (exact) mass is 267 g/mol. The number of hydrogen-bond donors (Lipinski definition) is 0. The van der Waals surface area contributed by atoms with Crippen molar-refractivity contribution in [3.8, 4) is 0 Å². The predicted molar refractivity (Wildman–Crippen MR) is 65.1 cm³/mol. The third-order valence-corrected chi connectivity index (χ3v) is 3.71. The van der Waals surface area contributed by atoms with E-state index < -0.39 is 0 Å². The maximum absolute atomic E-state index is 11.8. The van der Waals surface area contributed by atoms with Gasteiger partial charge in [0, 0.05) is 23.1 Å². The van der Waals surface area contributed by atoms with Crippen molar-refractivity contribution in [2.45, 2.75) is 26.2 Å². The molecule has 1 aliphatic heterocycles. The Morgan fingerprint density at radius 2 is 2.13 bits per heavy atom. The number of carbonyl (C=O) groups is 1. The van der Waals surface area contributed by atoms with Crippen LogP contribution in [0.15, 0.2) is 22.7 Å². The summed E-state index contributed by atoms with van der Waals surface area (Å²) in [6.07, 6.45) is 2.83. The molecule has 1 amide bonds. The molecule has 15 heavy (non-hydrogen) atoms. The molecule has 80 valence electrons. The Hall–Kier alpha value is -0.830. The van der Waals surface area contributed by atoms with E-state index in [-0.39, 0.29) is 5.91 Å². The van der Waals surface area contributed by atoms with E-state index in [4.69, 9.17) is 0 Å². The van der Waals surface area contributed by atoms with E-state index >= 15 is 0 Å². The number of amides is 1. The second kappa shape index (κ2) is 4.35. The standard InChI is InChI=1S/C12H14BrNO/c1-9-10(13)5-4-6-11(9)14-8-3-2-7-12(14)15/h4-6H,2-3,7-8H2,1H3. The lowest BCUT2D eigenvalue weighted by molar-refractivity contribution is -0.119. The molecule has 0 atom stereocenters. The van der Waals surface area contributed by atoms with Gasteiger partial charge in [0.2, 0.25) is 5.91 Å². The highest BCUT2D eigenvalue weighted by Gasteiger charge is 2.21. The third-order valence-electron chi connectivity index (χ3n) is 2.85. The lowest BCUT2D eigenvalue weighted by atomic mass is 10.1. The molecule has 1 aromatic carbocycles. The van der Waals surface area contributed by atoms with Crippen molar-refractivity contribution in [2.24, 2.45) is 0 Å². The Morgan fingerprint density at radius 3 is 2.87 bits per heavy atom. The molecular weight excluding hydrogens is 254 g/mol. The Labute approximate surface area is 98.4 Å². The maximum atomic E-state index is 11.8. The zero-order chi connectivity index (χ0) is 10.8. The molecule has 1 aromatic rings. The lowest BCUT2D eigenvalue weighted by Crippen LogP contribution is -2.35. The van der Waals surface area contributed by atoms with E-state index in [0.717, 1.165) is 35.1 Å². The number of halogens is 1. The number of hydrogen-bond acceptors (Lipinski definition) is 1. The van der Waals surface area contributed by atoms with Gasteiger partial charge in [-0.2, -0.15) is 0 Å². The molecule has 0 radical (unpaired) electrons. The Kier molecular flexibility index (Phi) is 3.10. The number of piperidine rings is 1. The number of carbonyl (C=O) groups excluding carboxylic acids is 1. The normalized spacial score (nSPS) is 16.9. The molecule has 0 saturated carbocycles. The molecule has 0 spiro atoms. The fourth-order valence-electron chi connectivity index (χ4n) is 1.95. The third kappa shape index (κ3) is 2.07. The summed E-state index contributed by atoms with van der Waals surface area (Å²) in [6.45, 7) is 2.90.